The van der Waals surface area contributed by atoms with Crippen molar-refractivity contribution in [2.75, 3.05) is 0 Å². The van der Waals surface area contributed by atoms with Crippen molar-refractivity contribution in [1.29, 1.82) is 0 Å². The molecular formula is C3H7ClO2. The Morgan fingerprint density at radius 1 is 1.50 bits per heavy atom. The van der Waals surface area contributed by atoms with Crippen LogP contribution < -0.4 is 0 Å². The van der Waals surface area contributed by atoms with Crippen LogP contribution in [0.2, 0.25) is 0 Å². The van der Waals surface area contributed by atoms with Crippen molar-refractivity contribution >= 4 is 11.9 Å². The molecule has 0 heterocycles. The molecule has 0 atom stereocenters. The standard InChI is InChI=1S/C3H7ClO2/c1-3(2)5-6-4/h3H,1-2H3. The minimum atomic E-state index is 0.0440. The molecule has 0 bridgehead atoms. The van der Waals surface area contributed by atoms with Gasteiger partial charge in [0.25, 0.3) is 0 Å². The molecular weight excluding hydrogens is 103 g/mol. The van der Waals surface area contributed by atoms with E-state index < -0.39 is 0 Å². The second-order valence-electron chi connectivity index (χ2n) is 1.21. The lowest BCUT2D eigenvalue weighted by molar-refractivity contribution is -0.231. The monoisotopic (exact) mass is 110 g/mol. The molecule has 0 spiro atoms. The maximum absolute atomic E-state index is 4.67. The molecule has 0 saturated carbocycles. The molecule has 3 heteroatoms. The topological polar surface area (TPSA) is 18.5 Å². The van der Waals surface area contributed by atoms with Gasteiger partial charge in [-0.15, -0.1) is 4.44 Å². The summed E-state index contributed by atoms with van der Waals surface area (Å²) >= 11 is 4.67. The van der Waals surface area contributed by atoms with Gasteiger partial charge in [-0.05, 0) is 13.8 Å². The van der Waals surface area contributed by atoms with Gasteiger partial charge in [0.2, 0.25) is 0 Å². The van der Waals surface area contributed by atoms with Crippen LogP contribution in [0.15, 0.2) is 0 Å². The quantitative estimate of drug-likeness (QED) is 0.396. The fourth-order valence-corrected chi connectivity index (χ4v) is 0.218. The third-order valence-corrected chi connectivity index (χ3v) is 0.302. The third kappa shape index (κ3) is 4.21. The van der Waals surface area contributed by atoms with Crippen molar-refractivity contribution in [2.45, 2.75) is 20.0 Å². The zero-order chi connectivity index (χ0) is 4.99. The second-order valence-corrected chi connectivity index (χ2v) is 1.33. The number of hydrogen-bond acceptors (Lipinski definition) is 2. The number of rotatable bonds is 2. The maximum atomic E-state index is 4.67. The lowest BCUT2D eigenvalue weighted by Crippen LogP contribution is -1.96. The van der Waals surface area contributed by atoms with E-state index in [1.54, 1.807) is 0 Å². The van der Waals surface area contributed by atoms with Gasteiger partial charge in [0.15, 0.2) is 0 Å². The average molecular weight is 111 g/mol. The molecule has 6 heavy (non-hydrogen) atoms. The van der Waals surface area contributed by atoms with E-state index in [4.69, 9.17) is 0 Å². The molecule has 2 nitrogen and oxygen atoms in total. The van der Waals surface area contributed by atoms with Gasteiger partial charge in [-0.1, -0.05) is 0 Å². The van der Waals surface area contributed by atoms with Gasteiger partial charge in [-0.3, -0.25) is 0 Å². The summed E-state index contributed by atoms with van der Waals surface area (Å²) in [6.45, 7) is 3.64. The first-order chi connectivity index (χ1) is 2.77. The summed E-state index contributed by atoms with van der Waals surface area (Å²) < 4.78 is 3.78. The molecule has 0 aliphatic rings. The summed E-state index contributed by atoms with van der Waals surface area (Å²) in [4.78, 5) is 4.31. The van der Waals surface area contributed by atoms with Crippen LogP contribution in [0.25, 0.3) is 0 Å². The summed E-state index contributed by atoms with van der Waals surface area (Å²) in [6, 6.07) is 0. The molecule has 0 N–H and O–H groups in total. The van der Waals surface area contributed by atoms with Crippen LogP contribution in [0.5, 0.6) is 0 Å². The fourth-order valence-electron chi connectivity index (χ4n) is 0.0727. The highest BCUT2D eigenvalue weighted by atomic mass is 35.5. The molecule has 0 saturated heterocycles. The number of halogens is 1. The van der Waals surface area contributed by atoms with Crippen molar-refractivity contribution in [3.8, 4) is 0 Å². The zero-order valence-electron chi connectivity index (χ0n) is 3.77. The first kappa shape index (κ1) is 6.21. The van der Waals surface area contributed by atoms with Crippen molar-refractivity contribution < 1.29 is 9.33 Å². The molecule has 0 rings (SSSR count). The first-order valence-corrected chi connectivity index (χ1v) is 2.02. The summed E-state index contributed by atoms with van der Waals surface area (Å²) in [7, 11) is 0. The van der Waals surface area contributed by atoms with Crippen molar-refractivity contribution in [2.24, 2.45) is 0 Å². The summed E-state index contributed by atoms with van der Waals surface area (Å²) in [6.07, 6.45) is 0.0440. The van der Waals surface area contributed by atoms with Crippen LogP contribution in [0.4, 0.5) is 0 Å². The van der Waals surface area contributed by atoms with Crippen LogP contribution >= 0.6 is 11.9 Å². The van der Waals surface area contributed by atoms with Gasteiger partial charge in [-0.25, -0.2) is 4.89 Å². The van der Waals surface area contributed by atoms with Gasteiger partial charge in [0, 0.05) is 0 Å². The van der Waals surface area contributed by atoms with Crippen molar-refractivity contribution in [3.63, 3.8) is 0 Å². The van der Waals surface area contributed by atoms with E-state index in [1.807, 2.05) is 13.8 Å². The third-order valence-electron chi connectivity index (χ3n) is 0.229. The van der Waals surface area contributed by atoms with Crippen molar-refractivity contribution in [3.05, 3.63) is 0 Å². The van der Waals surface area contributed by atoms with E-state index in [9.17, 15) is 0 Å². The predicted molar refractivity (Wildman–Crippen MR) is 23.2 cm³/mol. The molecule has 38 valence electrons. The van der Waals surface area contributed by atoms with Gasteiger partial charge in [-0.2, -0.15) is 0 Å². The highest BCUT2D eigenvalue weighted by Gasteiger charge is 1.87. The molecule has 0 aliphatic heterocycles. The SMILES string of the molecule is CC(C)OOCl. The van der Waals surface area contributed by atoms with E-state index in [1.165, 1.54) is 0 Å². The molecule has 0 aromatic heterocycles. The van der Waals surface area contributed by atoms with Gasteiger partial charge < -0.3 is 0 Å². The Bertz CT molecular complexity index is 30.0. The van der Waals surface area contributed by atoms with Gasteiger partial charge in [0.05, 0.1) is 18.0 Å². The van der Waals surface area contributed by atoms with Crippen LogP contribution in [-0.4, -0.2) is 6.10 Å². The lowest BCUT2D eigenvalue weighted by atomic mass is 10.5. The second kappa shape index (κ2) is 3.40. The van der Waals surface area contributed by atoms with Crippen LogP contribution in [0.3, 0.4) is 0 Å². The highest BCUT2D eigenvalue weighted by Crippen LogP contribution is 1.89. The summed E-state index contributed by atoms with van der Waals surface area (Å²) in [5, 5.41) is 0. The molecule has 0 unspecified atom stereocenters. The minimum Gasteiger partial charge on any atom is -0.216 e. The molecule has 0 radical (unpaired) electrons. The van der Waals surface area contributed by atoms with E-state index in [2.05, 4.69) is 21.2 Å². The van der Waals surface area contributed by atoms with E-state index in [-0.39, 0.29) is 6.10 Å². The van der Waals surface area contributed by atoms with Crippen LogP contribution in [0.1, 0.15) is 13.8 Å². The zero-order valence-corrected chi connectivity index (χ0v) is 4.53. The van der Waals surface area contributed by atoms with Crippen LogP contribution in [0, 0.1) is 0 Å². The molecule has 0 amide bonds. The predicted octanol–water partition coefficient (Wildman–Crippen LogP) is 1.50. The number of hydrogen-bond donors (Lipinski definition) is 0. The normalized spacial score (nSPS) is 10.0. The Labute approximate surface area is 42.1 Å². The Hall–Kier alpha value is 0.210. The Morgan fingerprint density at radius 2 is 2.00 bits per heavy atom. The van der Waals surface area contributed by atoms with Gasteiger partial charge >= 0.3 is 0 Å². The molecule has 0 aromatic rings. The molecule has 0 aromatic carbocycles. The van der Waals surface area contributed by atoms with Crippen molar-refractivity contribution in [1.82, 2.24) is 0 Å². The lowest BCUT2D eigenvalue weighted by Gasteiger charge is -1.95. The Morgan fingerprint density at radius 3 is 2.00 bits per heavy atom. The van der Waals surface area contributed by atoms with E-state index in [0.717, 1.165) is 0 Å². The first-order valence-electron chi connectivity index (χ1n) is 1.71. The van der Waals surface area contributed by atoms with Gasteiger partial charge in [0.1, 0.15) is 0 Å². The van der Waals surface area contributed by atoms with Crippen LogP contribution in [-0.2, 0) is 9.33 Å². The summed E-state index contributed by atoms with van der Waals surface area (Å²) in [5.74, 6) is 0. The average Bonchev–Trinajstić information content (AvgIpc) is 1.35. The summed E-state index contributed by atoms with van der Waals surface area (Å²) in [5.41, 5.74) is 0. The van der Waals surface area contributed by atoms with E-state index in [0.29, 0.717) is 0 Å². The Kier molecular flexibility index (Phi) is 3.52. The fraction of sp³-hybridized carbons (Fsp3) is 1.00. The highest BCUT2D eigenvalue weighted by molar-refractivity contribution is 6.06. The Balaban J connectivity index is 2.63. The maximum Gasteiger partial charge on any atom is 0.0999 e. The largest absolute Gasteiger partial charge is 0.216 e. The minimum absolute atomic E-state index is 0.0440. The molecule has 0 fully saturated rings. The van der Waals surface area contributed by atoms with E-state index >= 15 is 0 Å². The smallest absolute Gasteiger partial charge is 0.0999 e. The molecule has 0 aliphatic carbocycles.